The number of aliphatic hydroxyl groups excluding tert-OH is 9. The molecule has 10 N–H and O–H groups in total. The van der Waals surface area contributed by atoms with E-state index in [1.807, 2.05) is 0 Å². The molecule has 0 spiro atoms. The average molecular weight is 529 g/mol. The van der Waals surface area contributed by atoms with Gasteiger partial charge in [0, 0.05) is 6.92 Å². The maximum Gasteiger partial charge on any atom is 0.217 e. The number of nitrogens with one attached hydrogen (secondary N) is 1. The summed E-state index contributed by atoms with van der Waals surface area (Å²) in [5.74, 6) is -0.632. The summed E-state index contributed by atoms with van der Waals surface area (Å²) >= 11 is 0. The van der Waals surface area contributed by atoms with Crippen molar-refractivity contribution in [2.24, 2.45) is 0 Å². The topological polar surface area (TPSA) is 257 Å². The van der Waals surface area contributed by atoms with Gasteiger partial charge in [-0.15, -0.1) is 0 Å². The molecule has 0 aromatic heterocycles. The highest BCUT2D eigenvalue weighted by atomic mass is 16.8. The number of carbonyl (C=O) groups is 1. The molecule has 3 rings (SSSR count). The Morgan fingerprint density at radius 2 is 1.31 bits per heavy atom. The van der Waals surface area contributed by atoms with Gasteiger partial charge in [0.2, 0.25) is 5.91 Å². The fourth-order valence-electron chi connectivity index (χ4n) is 4.38. The first-order chi connectivity index (χ1) is 16.9. The van der Waals surface area contributed by atoms with E-state index in [0.29, 0.717) is 0 Å². The lowest BCUT2D eigenvalue weighted by molar-refractivity contribution is -0.380. The highest BCUT2D eigenvalue weighted by Gasteiger charge is 2.53. The van der Waals surface area contributed by atoms with E-state index in [0.717, 1.165) is 6.92 Å². The lowest BCUT2D eigenvalue weighted by atomic mass is 9.95. The number of hydrogen-bond donors (Lipinski definition) is 10. The number of amides is 1. The molecule has 3 aliphatic rings. The second-order valence-corrected chi connectivity index (χ2v) is 9.05. The Kier molecular flexibility index (Phi) is 9.97. The molecule has 0 bridgehead atoms. The van der Waals surface area contributed by atoms with Gasteiger partial charge in [0.25, 0.3) is 0 Å². The SMILES string of the molecule is CC(=O)N[C@H]1C(O)O[C@H](CO)[C@@H](O)[C@@H]1O[C@@H]1O[C@H](CO)[C@H](O)[C@H](O)[C@H]1O[C@H]1O[C@H](C)[C@H](O)[C@H](O)[C@H]1O. The van der Waals surface area contributed by atoms with Crippen LogP contribution in [0.25, 0.3) is 0 Å². The molecule has 3 fully saturated rings. The Morgan fingerprint density at radius 1 is 0.722 bits per heavy atom. The van der Waals surface area contributed by atoms with Crippen molar-refractivity contribution >= 4 is 5.91 Å². The predicted molar refractivity (Wildman–Crippen MR) is 111 cm³/mol. The zero-order valence-corrected chi connectivity index (χ0v) is 19.5. The third kappa shape index (κ3) is 5.97. The lowest BCUT2D eigenvalue weighted by Gasteiger charge is -2.48. The number of aliphatic hydroxyl groups is 9. The van der Waals surface area contributed by atoms with E-state index >= 15 is 0 Å². The van der Waals surface area contributed by atoms with Crippen LogP contribution in [0.3, 0.4) is 0 Å². The van der Waals surface area contributed by atoms with E-state index in [1.165, 1.54) is 6.92 Å². The van der Waals surface area contributed by atoms with Crippen molar-refractivity contribution in [3.05, 3.63) is 0 Å². The van der Waals surface area contributed by atoms with Gasteiger partial charge < -0.3 is 75.0 Å². The van der Waals surface area contributed by atoms with Crippen molar-refractivity contribution in [2.45, 2.75) is 106 Å². The van der Waals surface area contributed by atoms with Gasteiger partial charge in [0.05, 0.1) is 19.3 Å². The molecule has 210 valence electrons. The highest BCUT2D eigenvalue weighted by molar-refractivity contribution is 5.73. The average Bonchev–Trinajstić information content (AvgIpc) is 2.83. The quantitative estimate of drug-likeness (QED) is 0.147. The van der Waals surface area contributed by atoms with Gasteiger partial charge in [-0.05, 0) is 6.92 Å². The van der Waals surface area contributed by atoms with E-state index in [-0.39, 0.29) is 0 Å². The van der Waals surface area contributed by atoms with E-state index < -0.39 is 111 Å². The summed E-state index contributed by atoms with van der Waals surface area (Å²) in [7, 11) is 0. The molecule has 36 heavy (non-hydrogen) atoms. The Balaban J connectivity index is 1.89. The van der Waals surface area contributed by atoms with Crippen molar-refractivity contribution in [3.63, 3.8) is 0 Å². The number of rotatable bonds is 7. The first kappa shape index (κ1) is 29.5. The minimum absolute atomic E-state index is 0.632. The molecule has 1 unspecified atom stereocenters. The van der Waals surface area contributed by atoms with E-state index in [2.05, 4.69) is 5.32 Å². The summed E-state index contributed by atoms with van der Waals surface area (Å²) in [6.45, 7) is 1.00. The van der Waals surface area contributed by atoms with Crippen LogP contribution < -0.4 is 5.32 Å². The number of ether oxygens (including phenoxy) is 5. The second kappa shape index (κ2) is 12.2. The van der Waals surface area contributed by atoms with E-state index in [9.17, 15) is 50.8 Å². The summed E-state index contributed by atoms with van der Waals surface area (Å²) in [6, 6.07) is -1.39. The zero-order valence-electron chi connectivity index (χ0n) is 19.5. The maximum atomic E-state index is 11.7. The highest BCUT2D eigenvalue weighted by Crippen LogP contribution is 2.32. The zero-order chi connectivity index (χ0) is 26.9. The van der Waals surface area contributed by atoms with Crippen LogP contribution in [0.2, 0.25) is 0 Å². The van der Waals surface area contributed by atoms with E-state index in [4.69, 9.17) is 23.7 Å². The van der Waals surface area contributed by atoms with Crippen LogP contribution in [-0.4, -0.2) is 157 Å². The normalized spacial score (nSPS) is 50.0. The summed E-state index contributed by atoms with van der Waals surface area (Å²) in [5, 5.41) is 93.8. The second-order valence-electron chi connectivity index (χ2n) is 9.05. The monoisotopic (exact) mass is 529 g/mol. The van der Waals surface area contributed by atoms with E-state index in [1.54, 1.807) is 0 Å². The Labute approximate surface area is 205 Å². The van der Waals surface area contributed by atoms with Crippen LogP contribution in [0.5, 0.6) is 0 Å². The van der Waals surface area contributed by atoms with Crippen LogP contribution in [0.4, 0.5) is 0 Å². The van der Waals surface area contributed by atoms with Crippen molar-refractivity contribution in [1.29, 1.82) is 0 Å². The summed E-state index contributed by atoms with van der Waals surface area (Å²) in [4.78, 5) is 11.7. The molecule has 0 aliphatic carbocycles. The fraction of sp³-hybridized carbons (Fsp3) is 0.950. The van der Waals surface area contributed by atoms with Crippen LogP contribution in [0.15, 0.2) is 0 Å². The van der Waals surface area contributed by atoms with Crippen LogP contribution >= 0.6 is 0 Å². The molecule has 0 saturated carbocycles. The molecule has 16 nitrogen and oxygen atoms in total. The molecular formula is C20H35NO15. The number of hydrogen-bond acceptors (Lipinski definition) is 15. The molecule has 16 heteroatoms. The van der Waals surface area contributed by atoms with Gasteiger partial charge in [-0.25, -0.2) is 0 Å². The van der Waals surface area contributed by atoms with Crippen molar-refractivity contribution in [1.82, 2.24) is 5.32 Å². The van der Waals surface area contributed by atoms with Gasteiger partial charge in [0.1, 0.15) is 67.1 Å². The Bertz CT molecular complexity index is 731. The Hall–Kier alpha value is -1.09. The molecule has 3 heterocycles. The minimum atomic E-state index is -1.83. The molecule has 15 atom stereocenters. The lowest BCUT2D eigenvalue weighted by Crippen LogP contribution is -2.68. The van der Waals surface area contributed by atoms with Crippen molar-refractivity contribution < 1.29 is 74.4 Å². The smallest absolute Gasteiger partial charge is 0.217 e. The molecular weight excluding hydrogens is 494 g/mol. The molecule has 3 saturated heterocycles. The van der Waals surface area contributed by atoms with Gasteiger partial charge in [0.15, 0.2) is 18.9 Å². The molecule has 0 aromatic rings. The maximum absolute atomic E-state index is 11.7. The van der Waals surface area contributed by atoms with Crippen LogP contribution in [0, 0.1) is 0 Å². The molecule has 3 aliphatic heterocycles. The van der Waals surface area contributed by atoms with Gasteiger partial charge in [-0.1, -0.05) is 0 Å². The predicted octanol–water partition coefficient (Wildman–Crippen LogP) is -6.40. The van der Waals surface area contributed by atoms with Crippen LogP contribution in [-0.2, 0) is 28.5 Å². The summed E-state index contributed by atoms with van der Waals surface area (Å²) in [6.07, 6.45) is -22.2. The molecule has 0 aromatic carbocycles. The number of carbonyl (C=O) groups excluding carboxylic acids is 1. The summed E-state index contributed by atoms with van der Waals surface area (Å²) < 4.78 is 27.4. The van der Waals surface area contributed by atoms with Gasteiger partial charge in [-0.2, -0.15) is 0 Å². The van der Waals surface area contributed by atoms with Crippen LogP contribution in [0.1, 0.15) is 13.8 Å². The molecule has 1 amide bonds. The summed E-state index contributed by atoms with van der Waals surface area (Å²) in [5.41, 5.74) is 0. The van der Waals surface area contributed by atoms with Crippen molar-refractivity contribution in [2.75, 3.05) is 13.2 Å². The van der Waals surface area contributed by atoms with Gasteiger partial charge in [-0.3, -0.25) is 4.79 Å². The standard InChI is InChI=1S/C20H35NO15/c1-5-10(25)13(28)15(30)19(32-5)36-17-14(29)11(26)7(3-22)34-20(17)35-16-9(21-6(2)24)18(31)33-8(4-23)12(16)27/h5,7-20,22-23,25-31H,3-4H2,1-2H3,(H,21,24)/t5-,7-,8-,9-,10+,11+,12-,13+,14+,15-,16-,17-,18?,19-,20+/m1/s1. The van der Waals surface area contributed by atoms with Gasteiger partial charge >= 0.3 is 0 Å². The Morgan fingerprint density at radius 3 is 1.89 bits per heavy atom. The fourth-order valence-corrected chi connectivity index (χ4v) is 4.38. The minimum Gasteiger partial charge on any atom is -0.394 e. The largest absolute Gasteiger partial charge is 0.394 e. The third-order valence-electron chi connectivity index (χ3n) is 6.46. The first-order valence-electron chi connectivity index (χ1n) is 11.4. The third-order valence-corrected chi connectivity index (χ3v) is 6.46. The molecule has 0 radical (unpaired) electrons. The van der Waals surface area contributed by atoms with Crippen molar-refractivity contribution in [3.8, 4) is 0 Å². The first-order valence-corrected chi connectivity index (χ1v) is 11.4.